The standard InChI is InChI=1S/C20H14/c1-2-6-14-10-18-16(9-13(14)5-1)12-19-17-8-4-3-7-15(17)11-20(18)19/h1-10H,11-12H2. The van der Waals surface area contributed by atoms with E-state index in [1.165, 1.54) is 33.0 Å². The Bertz CT molecular complexity index is 897. The molecule has 0 fully saturated rings. The van der Waals surface area contributed by atoms with Crippen molar-refractivity contribution in [1.82, 2.24) is 0 Å². The van der Waals surface area contributed by atoms with Gasteiger partial charge in [0.1, 0.15) is 0 Å². The van der Waals surface area contributed by atoms with Gasteiger partial charge >= 0.3 is 0 Å². The van der Waals surface area contributed by atoms with E-state index >= 15 is 0 Å². The van der Waals surface area contributed by atoms with Crippen molar-refractivity contribution in [3.8, 4) is 0 Å². The summed E-state index contributed by atoms with van der Waals surface area (Å²) in [6.45, 7) is 0. The molecule has 0 bridgehead atoms. The summed E-state index contributed by atoms with van der Waals surface area (Å²) in [7, 11) is 0. The van der Waals surface area contributed by atoms with Crippen LogP contribution in [-0.4, -0.2) is 0 Å². The van der Waals surface area contributed by atoms with Crippen LogP contribution in [0.4, 0.5) is 0 Å². The van der Waals surface area contributed by atoms with Crippen molar-refractivity contribution in [2.24, 2.45) is 0 Å². The summed E-state index contributed by atoms with van der Waals surface area (Å²) in [6.07, 6.45) is 2.21. The second kappa shape index (κ2) is 3.61. The predicted molar refractivity (Wildman–Crippen MR) is 84.6 cm³/mol. The van der Waals surface area contributed by atoms with E-state index in [4.69, 9.17) is 0 Å². The Morgan fingerprint density at radius 2 is 1.20 bits per heavy atom. The maximum atomic E-state index is 2.39. The van der Waals surface area contributed by atoms with Gasteiger partial charge in [0.05, 0.1) is 0 Å². The van der Waals surface area contributed by atoms with E-state index in [-0.39, 0.29) is 0 Å². The van der Waals surface area contributed by atoms with E-state index in [0.717, 1.165) is 12.8 Å². The Balaban J connectivity index is 1.75. The summed E-state index contributed by atoms with van der Waals surface area (Å²) in [6, 6.07) is 22.3. The molecule has 0 N–H and O–H groups in total. The maximum Gasteiger partial charge on any atom is -0.00104 e. The molecule has 94 valence electrons. The van der Waals surface area contributed by atoms with Crippen molar-refractivity contribution in [1.29, 1.82) is 0 Å². The van der Waals surface area contributed by atoms with Gasteiger partial charge < -0.3 is 0 Å². The van der Waals surface area contributed by atoms with Gasteiger partial charge in [0.25, 0.3) is 0 Å². The van der Waals surface area contributed by atoms with E-state index in [0.29, 0.717) is 0 Å². The third kappa shape index (κ3) is 1.26. The zero-order valence-electron chi connectivity index (χ0n) is 11.2. The minimum absolute atomic E-state index is 1.10. The lowest BCUT2D eigenvalue weighted by molar-refractivity contribution is 1.26. The Labute approximate surface area is 118 Å². The molecule has 0 saturated carbocycles. The number of benzene rings is 3. The molecule has 0 spiro atoms. The van der Waals surface area contributed by atoms with Crippen molar-refractivity contribution < 1.29 is 0 Å². The number of hydrogen-bond donors (Lipinski definition) is 0. The van der Waals surface area contributed by atoms with Gasteiger partial charge in [-0.25, -0.2) is 0 Å². The van der Waals surface area contributed by atoms with Crippen molar-refractivity contribution in [3.05, 3.63) is 82.9 Å². The minimum Gasteiger partial charge on any atom is -0.0619 e. The van der Waals surface area contributed by atoms with Crippen LogP contribution >= 0.6 is 0 Å². The topological polar surface area (TPSA) is 0 Å². The molecule has 0 aliphatic heterocycles. The highest BCUT2D eigenvalue weighted by Gasteiger charge is 2.29. The summed E-state index contributed by atoms with van der Waals surface area (Å²) in [5, 5.41) is 2.72. The van der Waals surface area contributed by atoms with Gasteiger partial charge in [0.2, 0.25) is 0 Å². The molecule has 3 aromatic carbocycles. The smallest absolute Gasteiger partial charge is 0.00104 e. The van der Waals surface area contributed by atoms with Gasteiger partial charge in [-0.15, -0.1) is 0 Å². The molecule has 2 aliphatic rings. The van der Waals surface area contributed by atoms with Gasteiger partial charge in [0, 0.05) is 0 Å². The lowest BCUT2D eigenvalue weighted by Crippen LogP contribution is -1.91. The zero-order chi connectivity index (χ0) is 13.1. The van der Waals surface area contributed by atoms with Gasteiger partial charge in [-0.3, -0.25) is 0 Å². The fourth-order valence-corrected chi connectivity index (χ4v) is 3.79. The number of rotatable bonds is 0. The molecular formula is C20H14. The predicted octanol–water partition coefficient (Wildman–Crippen LogP) is 4.86. The number of hydrogen-bond acceptors (Lipinski definition) is 0. The Morgan fingerprint density at radius 3 is 2.10 bits per heavy atom. The van der Waals surface area contributed by atoms with Crippen molar-refractivity contribution in [2.75, 3.05) is 0 Å². The van der Waals surface area contributed by atoms with E-state index in [1.54, 1.807) is 11.1 Å². The van der Waals surface area contributed by atoms with Crippen LogP contribution in [0.3, 0.4) is 0 Å². The third-order valence-electron chi connectivity index (χ3n) is 4.74. The summed E-state index contributed by atoms with van der Waals surface area (Å²) < 4.78 is 0. The van der Waals surface area contributed by atoms with Crippen molar-refractivity contribution in [3.63, 3.8) is 0 Å². The van der Waals surface area contributed by atoms with Crippen LogP contribution in [0.2, 0.25) is 0 Å². The maximum absolute atomic E-state index is 2.39. The number of fused-ring (bicyclic) bond motifs is 5. The van der Waals surface area contributed by atoms with E-state index in [1.807, 2.05) is 0 Å². The highest BCUT2D eigenvalue weighted by molar-refractivity contribution is 6.04. The first-order valence-electron chi connectivity index (χ1n) is 7.22. The summed E-state index contributed by atoms with van der Waals surface area (Å²) in [4.78, 5) is 0. The number of allylic oxidation sites excluding steroid dienone is 2. The molecular weight excluding hydrogens is 240 g/mol. The highest BCUT2D eigenvalue weighted by atomic mass is 14.3. The van der Waals surface area contributed by atoms with Crippen LogP contribution in [0.1, 0.15) is 22.3 Å². The summed E-state index contributed by atoms with van der Waals surface area (Å²) >= 11 is 0. The first-order valence-corrected chi connectivity index (χ1v) is 7.22. The second-order valence-electron chi connectivity index (χ2n) is 5.82. The first kappa shape index (κ1) is 10.4. The molecule has 0 unspecified atom stereocenters. The fourth-order valence-electron chi connectivity index (χ4n) is 3.79. The molecule has 0 heteroatoms. The fraction of sp³-hybridized carbons (Fsp3) is 0.100. The van der Waals surface area contributed by atoms with Crippen molar-refractivity contribution >= 4 is 21.9 Å². The van der Waals surface area contributed by atoms with Gasteiger partial charge in [-0.05, 0) is 63.1 Å². The SMILES string of the molecule is c1ccc2c(c1)CC1=C2Cc2cc3ccccc3cc21. The van der Waals surface area contributed by atoms with E-state index < -0.39 is 0 Å². The van der Waals surface area contributed by atoms with Crippen LogP contribution in [0.15, 0.2) is 60.7 Å². The monoisotopic (exact) mass is 254 g/mol. The molecule has 2 aliphatic carbocycles. The Morgan fingerprint density at radius 1 is 0.550 bits per heavy atom. The second-order valence-corrected chi connectivity index (χ2v) is 5.82. The Kier molecular flexibility index (Phi) is 1.88. The average Bonchev–Trinajstić information content (AvgIpc) is 3.01. The van der Waals surface area contributed by atoms with Crippen molar-refractivity contribution in [2.45, 2.75) is 12.8 Å². The average molecular weight is 254 g/mol. The molecule has 20 heavy (non-hydrogen) atoms. The van der Waals surface area contributed by atoms with E-state index in [9.17, 15) is 0 Å². The molecule has 0 atom stereocenters. The van der Waals surface area contributed by atoms with Crippen LogP contribution in [0, 0.1) is 0 Å². The van der Waals surface area contributed by atoms with Gasteiger partial charge in [-0.1, -0.05) is 54.6 Å². The Hall–Kier alpha value is -2.34. The molecule has 0 heterocycles. The zero-order valence-corrected chi connectivity index (χ0v) is 11.2. The molecule has 0 aromatic heterocycles. The minimum atomic E-state index is 1.10. The largest absolute Gasteiger partial charge is 0.0619 e. The highest BCUT2D eigenvalue weighted by Crippen LogP contribution is 2.47. The first-order chi connectivity index (χ1) is 9.90. The van der Waals surface area contributed by atoms with Gasteiger partial charge in [0.15, 0.2) is 0 Å². The lowest BCUT2D eigenvalue weighted by atomic mass is 9.96. The lowest BCUT2D eigenvalue weighted by Gasteiger charge is -2.08. The van der Waals surface area contributed by atoms with E-state index in [2.05, 4.69) is 60.7 Å². The summed E-state index contributed by atoms with van der Waals surface area (Å²) in [5.74, 6) is 0. The third-order valence-corrected chi connectivity index (χ3v) is 4.74. The normalized spacial score (nSPS) is 15.4. The van der Waals surface area contributed by atoms with Crippen LogP contribution < -0.4 is 0 Å². The molecule has 5 rings (SSSR count). The quantitative estimate of drug-likeness (QED) is 0.537. The van der Waals surface area contributed by atoms with Gasteiger partial charge in [-0.2, -0.15) is 0 Å². The molecule has 0 saturated heterocycles. The van der Waals surface area contributed by atoms with Crippen LogP contribution in [-0.2, 0) is 12.8 Å². The van der Waals surface area contributed by atoms with Crippen LogP contribution in [0.25, 0.3) is 21.9 Å². The molecule has 3 aromatic rings. The molecule has 0 amide bonds. The molecule has 0 nitrogen and oxygen atoms in total. The van der Waals surface area contributed by atoms with Crippen LogP contribution in [0.5, 0.6) is 0 Å². The summed E-state index contributed by atoms with van der Waals surface area (Å²) in [5.41, 5.74) is 9.08. The molecule has 0 radical (unpaired) electrons.